The minimum Gasteiger partial charge on any atom is -0.443 e. The molecule has 0 atom stereocenters. The number of imide groups is 1. The monoisotopic (exact) mass is 454 g/mol. The van der Waals surface area contributed by atoms with Gasteiger partial charge in [-0.3, -0.25) is 0 Å². The summed E-state index contributed by atoms with van der Waals surface area (Å²) in [5.74, 6) is -0.127. The zero-order valence-electron chi connectivity index (χ0n) is 20.0. The van der Waals surface area contributed by atoms with E-state index in [4.69, 9.17) is 30.4 Å². The Hall–Kier alpha value is -1.84. The number of rotatable bonds is 2. The summed E-state index contributed by atoms with van der Waals surface area (Å²) < 4.78 is 22.9. The van der Waals surface area contributed by atoms with Crippen LogP contribution >= 0.6 is 11.6 Å². The molecule has 2 rings (SSSR count). The van der Waals surface area contributed by atoms with Crippen molar-refractivity contribution < 1.29 is 28.4 Å². The van der Waals surface area contributed by atoms with Gasteiger partial charge in [0, 0.05) is 11.7 Å². The molecule has 8 nitrogen and oxygen atoms in total. The lowest BCUT2D eigenvalue weighted by molar-refractivity contribution is 0.00578. The van der Waals surface area contributed by atoms with Gasteiger partial charge in [-0.05, 0) is 75.3 Å². The van der Waals surface area contributed by atoms with E-state index < -0.39 is 41.7 Å². The standard InChI is InChI=1S/C21H32BClN2O6/c1-18(2,3)28-16(26)25(17(27)29-19(4,5)6)15-14(23)13(11-12-24-15)22-30-20(7,8)21(9,10)31-22/h11-12H,1-10H3. The van der Waals surface area contributed by atoms with Gasteiger partial charge in [0.1, 0.15) is 11.2 Å². The fourth-order valence-electron chi connectivity index (χ4n) is 2.62. The van der Waals surface area contributed by atoms with Crippen LogP contribution in [0.1, 0.15) is 69.2 Å². The molecule has 1 aromatic heterocycles. The van der Waals surface area contributed by atoms with Crippen molar-refractivity contribution in [3.8, 4) is 0 Å². The molecule has 0 radical (unpaired) electrons. The van der Waals surface area contributed by atoms with Crippen LogP contribution in [-0.4, -0.2) is 46.7 Å². The number of amides is 2. The smallest absolute Gasteiger partial charge is 0.443 e. The second-order valence-electron chi connectivity index (χ2n) is 10.4. The Kier molecular flexibility index (Phi) is 6.77. The van der Waals surface area contributed by atoms with Crippen molar-refractivity contribution in [1.29, 1.82) is 0 Å². The number of anilines is 1. The molecule has 2 amide bonds. The van der Waals surface area contributed by atoms with Crippen LogP contribution in [-0.2, 0) is 18.8 Å². The van der Waals surface area contributed by atoms with Crippen LogP contribution in [0.4, 0.5) is 15.4 Å². The quantitative estimate of drug-likeness (QED) is 0.598. The molecule has 0 aromatic carbocycles. The molecule has 0 aliphatic carbocycles. The first kappa shape index (κ1) is 25.4. The molecule has 0 saturated carbocycles. The first-order chi connectivity index (χ1) is 13.8. The number of hydrogen-bond acceptors (Lipinski definition) is 7. The predicted octanol–water partition coefficient (Wildman–Crippen LogP) is 4.71. The van der Waals surface area contributed by atoms with Crippen molar-refractivity contribution in [3.63, 3.8) is 0 Å². The van der Waals surface area contributed by atoms with E-state index >= 15 is 0 Å². The molecule has 0 bridgehead atoms. The number of carbonyl (C=O) groups is 2. The van der Waals surface area contributed by atoms with Gasteiger partial charge in [0.05, 0.1) is 16.2 Å². The minimum atomic E-state index is -0.956. The predicted molar refractivity (Wildman–Crippen MR) is 120 cm³/mol. The molecule has 0 spiro atoms. The molecule has 1 aromatic rings. The number of aromatic nitrogens is 1. The summed E-state index contributed by atoms with van der Waals surface area (Å²) in [7, 11) is -0.807. The Morgan fingerprint density at radius 2 is 1.39 bits per heavy atom. The minimum absolute atomic E-state index is 0.0257. The van der Waals surface area contributed by atoms with Crippen LogP contribution in [0.25, 0.3) is 0 Å². The Labute approximate surface area is 189 Å². The highest BCUT2D eigenvalue weighted by atomic mass is 35.5. The van der Waals surface area contributed by atoms with Crippen molar-refractivity contribution in [2.24, 2.45) is 0 Å². The third-order valence-electron chi connectivity index (χ3n) is 4.77. The summed E-state index contributed by atoms with van der Waals surface area (Å²) in [6.07, 6.45) is -0.493. The molecule has 1 aliphatic rings. The van der Waals surface area contributed by atoms with E-state index in [2.05, 4.69) is 4.98 Å². The second-order valence-corrected chi connectivity index (χ2v) is 10.8. The zero-order valence-corrected chi connectivity index (χ0v) is 20.7. The summed E-state index contributed by atoms with van der Waals surface area (Å²) in [4.78, 5) is 30.7. The van der Waals surface area contributed by atoms with Gasteiger partial charge >= 0.3 is 19.3 Å². The van der Waals surface area contributed by atoms with E-state index in [0.29, 0.717) is 10.4 Å². The number of pyridine rings is 1. The zero-order chi connectivity index (χ0) is 24.0. The fourth-order valence-corrected chi connectivity index (χ4v) is 2.90. The van der Waals surface area contributed by atoms with E-state index in [1.165, 1.54) is 6.20 Å². The van der Waals surface area contributed by atoms with Crippen molar-refractivity contribution in [2.75, 3.05) is 4.90 Å². The third kappa shape index (κ3) is 5.90. The SMILES string of the molecule is CC(C)(C)OC(=O)N(C(=O)OC(C)(C)C)c1nccc(B2OC(C)(C)C(C)(C)O2)c1Cl. The summed E-state index contributed by atoms with van der Waals surface area (Å²) >= 11 is 6.62. The van der Waals surface area contributed by atoms with Crippen LogP contribution < -0.4 is 10.4 Å². The number of halogens is 1. The van der Waals surface area contributed by atoms with Gasteiger partial charge in [0.15, 0.2) is 5.82 Å². The third-order valence-corrected chi connectivity index (χ3v) is 5.16. The summed E-state index contributed by atoms with van der Waals surface area (Å²) in [5.41, 5.74) is -2.47. The van der Waals surface area contributed by atoms with E-state index in [9.17, 15) is 9.59 Å². The lowest BCUT2D eigenvalue weighted by Gasteiger charge is -2.32. The molecule has 31 heavy (non-hydrogen) atoms. The van der Waals surface area contributed by atoms with Crippen LogP contribution in [0.15, 0.2) is 12.3 Å². The summed E-state index contributed by atoms with van der Waals surface area (Å²) in [5, 5.41) is 0.0257. The molecule has 10 heteroatoms. The Bertz CT molecular complexity index is 816. The lowest BCUT2D eigenvalue weighted by Crippen LogP contribution is -2.45. The summed E-state index contributed by atoms with van der Waals surface area (Å²) in [6.45, 7) is 17.8. The Morgan fingerprint density at radius 3 is 1.77 bits per heavy atom. The Morgan fingerprint density at radius 1 is 0.968 bits per heavy atom. The van der Waals surface area contributed by atoms with Crippen LogP contribution in [0.5, 0.6) is 0 Å². The van der Waals surface area contributed by atoms with Gasteiger partial charge in [0.25, 0.3) is 0 Å². The molecule has 0 unspecified atom stereocenters. The molecule has 1 fully saturated rings. The normalized spacial score (nSPS) is 18.0. The maximum atomic E-state index is 12.9. The molecule has 1 aliphatic heterocycles. The van der Waals surface area contributed by atoms with Gasteiger partial charge < -0.3 is 18.8 Å². The highest BCUT2D eigenvalue weighted by molar-refractivity contribution is 6.66. The first-order valence-corrected chi connectivity index (χ1v) is 10.5. The number of hydrogen-bond donors (Lipinski definition) is 0. The van der Waals surface area contributed by atoms with Crippen LogP contribution in [0.3, 0.4) is 0 Å². The fraction of sp³-hybridized carbons (Fsp3) is 0.667. The molecule has 172 valence electrons. The topological polar surface area (TPSA) is 87.2 Å². The number of ether oxygens (including phenoxy) is 2. The van der Waals surface area contributed by atoms with Crippen molar-refractivity contribution in [1.82, 2.24) is 4.98 Å². The van der Waals surface area contributed by atoms with Crippen molar-refractivity contribution in [2.45, 2.75) is 91.6 Å². The van der Waals surface area contributed by atoms with E-state index in [1.54, 1.807) is 47.6 Å². The van der Waals surface area contributed by atoms with Crippen LogP contribution in [0.2, 0.25) is 5.02 Å². The second kappa shape index (κ2) is 8.26. The number of nitrogens with zero attached hydrogens (tertiary/aromatic N) is 2. The highest BCUT2D eigenvalue weighted by Crippen LogP contribution is 2.37. The highest BCUT2D eigenvalue weighted by Gasteiger charge is 2.52. The van der Waals surface area contributed by atoms with Gasteiger partial charge in [-0.2, -0.15) is 4.90 Å². The van der Waals surface area contributed by atoms with E-state index in [-0.39, 0.29) is 10.8 Å². The average molecular weight is 455 g/mol. The van der Waals surface area contributed by atoms with Gasteiger partial charge in [-0.25, -0.2) is 14.6 Å². The first-order valence-electron chi connectivity index (χ1n) is 10.1. The van der Waals surface area contributed by atoms with Crippen LogP contribution in [0, 0.1) is 0 Å². The van der Waals surface area contributed by atoms with Crippen molar-refractivity contribution in [3.05, 3.63) is 17.3 Å². The Balaban J connectivity index is 2.51. The molecular weight excluding hydrogens is 423 g/mol. The van der Waals surface area contributed by atoms with Crippen molar-refractivity contribution >= 4 is 42.2 Å². The average Bonchev–Trinajstić information content (AvgIpc) is 2.73. The maximum absolute atomic E-state index is 12.9. The summed E-state index contributed by atoms with van der Waals surface area (Å²) in [6, 6.07) is 1.62. The molecule has 1 saturated heterocycles. The molecular formula is C21H32BClN2O6. The van der Waals surface area contributed by atoms with Gasteiger partial charge in [0.2, 0.25) is 0 Å². The van der Waals surface area contributed by atoms with E-state index in [0.717, 1.165) is 0 Å². The van der Waals surface area contributed by atoms with E-state index in [1.807, 2.05) is 27.7 Å². The lowest BCUT2D eigenvalue weighted by atomic mass is 9.79. The molecule has 2 heterocycles. The number of carbonyl (C=O) groups excluding carboxylic acids is 2. The van der Waals surface area contributed by atoms with Gasteiger partial charge in [-0.15, -0.1) is 0 Å². The van der Waals surface area contributed by atoms with Gasteiger partial charge in [-0.1, -0.05) is 11.6 Å². The molecule has 0 N–H and O–H groups in total. The maximum Gasteiger partial charge on any atom is 0.496 e. The largest absolute Gasteiger partial charge is 0.496 e.